The third-order valence-corrected chi connectivity index (χ3v) is 3.27. The molecule has 2 rings (SSSR count). The molecule has 0 atom stereocenters. The summed E-state index contributed by atoms with van der Waals surface area (Å²) in [6, 6.07) is 8.72. The Morgan fingerprint density at radius 3 is 2.48 bits per heavy atom. The molecule has 7 nitrogen and oxygen atoms in total. The fourth-order valence-corrected chi connectivity index (χ4v) is 2.19. The average Bonchev–Trinajstić information content (AvgIpc) is 2.84. The summed E-state index contributed by atoms with van der Waals surface area (Å²) in [5.41, 5.74) is 2.25. The zero-order valence-electron chi connectivity index (χ0n) is 13.3. The minimum Gasteiger partial charge on any atom is -0.482 e. The van der Waals surface area contributed by atoms with E-state index in [1.54, 1.807) is 54.0 Å². The van der Waals surface area contributed by atoms with Crippen molar-refractivity contribution in [1.82, 2.24) is 14.7 Å². The molecule has 122 valence electrons. The smallest absolute Gasteiger partial charge is 0.341 e. The molecule has 1 aromatic carbocycles. The lowest BCUT2D eigenvalue weighted by Crippen LogP contribution is -2.28. The summed E-state index contributed by atoms with van der Waals surface area (Å²) in [6.45, 7) is 1.90. The first-order valence-corrected chi connectivity index (χ1v) is 7.06. The molecule has 7 heteroatoms. The van der Waals surface area contributed by atoms with Crippen LogP contribution >= 0.6 is 0 Å². The van der Waals surface area contributed by atoms with E-state index < -0.39 is 5.97 Å². The first kappa shape index (κ1) is 16.5. The summed E-state index contributed by atoms with van der Waals surface area (Å²) in [5, 5.41) is 12.7. The van der Waals surface area contributed by atoms with Crippen molar-refractivity contribution in [1.29, 1.82) is 0 Å². The Morgan fingerprint density at radius 2 is 1.96 bits per heavy atom. The molecule has 1 amide bonds. The Balaban J connectivity index is 1.99. The van der Waals surface area contributed by atoms with Gasteiger partial charge in [-0.3, -0.25) is 9.48 Å². The maximum Gasteiger partial charge on any atom is 0.341 e. The van der Waals surface area contributed by atoms with Crippen LogP contribution in [0.25, 0.3) is 0 Å². The second-order valence-corrected chi connectivity index (χ2v) is 5.28. The van der Waals surface area contributed by atoms with E-state index in [0.29, 0.717) is 18.0 Å². The lowest BCUT2D eigenvalue weighted by atomic mass is 10.2. The zero-order chi connectivity index (χ0) is 17.0. The maximum atomic E-state index is 12.4. The molecule has 0 spiro atoms. The summed E-state index contributed by atoms with van der Waals surface area (Å²) in [6.07, 6.45) is 0. The van der Waals surface area contributed by atoms with E-state index in [4.69, 9.17) is 9.84 Å². The number of hydrogen-bond acceptors (Lipinski definition) is 4. The first-order chi connectivity index (χ1) is 10.9. The van der Waals surface area contributed by atoms with Crippen LogP contribution in [0.1, 0.15) is 21.7 Å². The van der Waals surface area contributed by atoms with Gasteiger partial charge in [0.25, 0.3) is 5.91 Å². The highest BCUT2D eigenvalue weighted by Crippen LogP contribution is 2.14. The van der Waals surface area contributed by atoms with Gasteiger partial charge in [-0.1, -0.05) is 12.1 Å². The number of carbonyl (C=O) groups excluding carboxylic acids is 1. The van der Waals surface area contributed by atoms with Gasteiger partial charge >= 0.3 is 5.97 Å². The number of rotatable bonds is 6. The third kappa shape index (κ3) is 4.32. The Hall–Kier alpha value is -2.83. The highest BCUT2D eigenvalue weighted by molar-refractivity contribution is 5.92. The van der Waals surface area contributed by atoms with Gasteiger partial charge in [0, 0.05) is 20.6 Å². The highest BCUT2D eigenvalue weighted by Gasteiger charge is 2.16. The predicted molar refractivity (Wildman–Crippen MR) is 83.3 cm³/mol. The Bertz CT molecular complexity index is 707. The van der Waals surface area contributed by atoms with E-state index >= 15 is 0 Å². The van der Waals surface area contributed by atoms with Gasteiger partial charge in [-0.15, -0.1) is 0 Å². The van der Waals surface area contributed by atoms with Crippen molar-refractivity contribution in [3.8, 4) is 5.75 Å². The number of nitrogens with zero attached hydrogens (tertiary/aromatic N) is 3. The fraction of sp³-hybridized carbons (Fsp3) is 0.312. The van der Waals surface area contributed by atoms with Crippen LogP contribution in [-0.4, -0.2) is 45.3 Å². The number of ether oxygens (including phenoxy) is 1. The average molecular weight is 317 g/mol. The van der Waals surface area contributed by atoms with E-state index in [1.165, 1.54) is 0 Å². The van der Waals surface area contributed by atoms with Crippen LogP contribution < -0.4 is 4.74 Å². The minimum atomic E-state index is -1.02. The van der Waals surface area contributed by atoms with Gasteiger partial charge in [-0.25, -0.2) is 4.79 Å². The van der Waals surface area contributed by atoms with Gasteiger partial charge in [-0.2, -0.15) is 5.10 Å². The summed E-state index contributed by atoms with van der Waals surface area (Å²) in [7, 11) is 3.46. The topological polar surface area (TPSA) is 84.7 Å². The van der Waals surface area contributed by atoms with Crippen LogP contribution in [0.3, 0.4) is 0 Å². The second kappa shape index (κ2) is 6.95. The number of aryl methyl sites for hydroxylation is 2. The van der Waals surface area contributed by atoms with E-state index in [9.17, 15) is 9.59 Å². The van der Waals surface area contributed by atoms with Gasteiger partial charge < -0.3 is 14.7 Å². The summed E-state index contributed by atoms with van der Waals surface area (Å²) in [5.74, 6) is -0.655. The number of aromatic nitrogens is 2. The van der Waals surface area contributed by atoms with Crippen molar-refractivity contribution in [2.45, 2.75) is 13.5 Å². The van der Waals surface area contributed by atoms with Crippen LogP contribution in [0, 0.1) is 6.92 Å². The second-order valence-electron chi connectivity index (χ2n) is 5.28. The Kier molecular flexibility index (Phi) is 5.00. The molecule has 1 N–H and O–H groups in total. The number of benzene rings is 1. The van der Waals surface area contributed by atoms with Crippen LogP contribution in [0.4, 0.5) is 0 Å². The van der Waals surface area contributed by atoms with Gasteiger partial charge in [0.05, 0.1) is 5.69 Å². The maximum absolute atomic E-state index is 12.4. The normalized spacial score (nSPS) is 10.4. The molecule has 1 aromatic heterocycles. The molecule has 0 saturated heterocycles. The molecule has 23 heavy (non-hydrogen) atoms. The molecule has 0 saturated carbocycles. The summed E-state index contributed by atoms with van der Waals surface area (Å²) < 4.78 is 6.64. The third-order valence-electron chi connectivity index (χ3n) is 3.27. The lowest BCUT2D eigenvalue weighted by molar-refractivity contribution is -0.139. The monoisotopic (exact) mass is 317 g/mol. The number of carboxylic acids is 1. The van der Waals surface area contributed by atoms with Crippen LogP contribution in [-0.2, 0) is 18.4 Å². The van der Waals surface area contributed by atoms with Crippen molar-refractivity contribution in [2.75, 3.05) is 13.7 Å². The van der Waals surface area contributed by atoms with Crippen molar-refractivity contribution >= 4 is 11.9 Å². The predicted octanol–water partition coefficient (Wildman–Crippen LogP) is 1.46. The largest absolute Gasteiger partial charge is 0.482 e. The quantitative estimate of drug-likeness (QED) is 0.872. The lowest BCUT2D eigenvalue weighted by Gasteiger charge is -2.17. The van der Waals surface area contributed by atoms with Crippen molar-refractivity contribution in [3.63, 3.8) is 0 Å². The van der Waals surface area contributed by atoms with Crippen LogP contribution in [0.15, 0.2) is 30.3 Å². The molecular weight excluding hydrogens is 298 g/mol. The molecular formula is C16H19N3O4. The molecule has 0 fully saturated rings. The molecule has 0 unspecified atom stereocenters. The number of hydrogen-bond donors (Lipinski definition) is 1. The molecule has 0 aliphatic rings. The fourth-order valence-electron chi connectivity index (χ4n) is 2.19. The van der Waals surface area contributed by atoms with Gasteiger partial charge in [0.15, 0.2) is 6.61 Å². The molecule has 1 heterocycles. The van der Waals surface area contributed by atoms with Crippen molar-refractivity contribution in [2.24, 2.45) is 7.05 Å². The molecule has 0 bridgehead atoms. The van der Waals surface area contributed by atoms with Gasteiger partial charge in [0.1, 0.15) is 11.4 Å². The number of aliphatic carboxylic acids is 1. The standard InChI is InChI=1S/C16H19N3O4/c1-11-8-14(19(3)17-11)16(22)18(2)9-12-4-6-13(7-5-12)23-10-15(20)21/h4-8H,9-10H2,1-3H3,(H,20,21). The van der Waals surface area contributed by atoms with E-state index in [0.717, 1.165) is 11.3 Å². The SMILES string of the molecule is Cc1cc(C(=O)N(C)Cc2ccc(OCC(=O)O)cc2)n(C)n1. The molecule has 0 aliphatic heterocycles. The molecule has 0 radical (unpaired) electrons. The molecule has 0 aliphatic carbocycles. The molecule has 2 aromatic rings. The summed E-state index contributed by atoms with van der Waals surface area (Å²) >= 11 is 0. The highest BCUT2D eigenvalue weighted by atomic mass is 16.5. The number of carboxylic acid groups (broad SMARTS) is 1. The van der Waals surface area contributed by atoms with E-state index in [-0.39, 0.29) is 12.5 Å². The Labute approximate surface area is 134 Å². The van der Waals surface area contributed by atoms with Gasteiger partial charge in [-0.05, 0) is 30.7 Å². The van der Waals surface area contributed by atoms with Crippen LogP contribution in [0.2, 0.25) is 0 Å². The summed E-state index contributed by atoms with van der Waals surface area (Å²) in [4.78, 5) is 24.5. The van der Waals surface area contributed by atoms with E-state index in [1.807, 2.05) is 6.92 Å². The van der Waals surface area contributed by atoms with Crippen molar-refractivity contribution < 1.29 is 19.4 Å². The number of amides is 1. The van der Waals surface area contributed by atoms with Gasteiger partial charge in [0.2, 0.25) is 0 Å². The van der Waals surface area contributed by atoms with Crippen LogP contribution in [0.5, 0.6) is 5.75 Å². The zero-order valence-corrected chi connectivity index (χ0v) is 13.3. The minimum absolute atomic E-state index is 0.112. The first-order valence-electron chi connectivity index (χ1n) is 7.06. The van der Waals surface area contributed by atoms with E-state index in [2.05, 4.69) is 5.10 Å². The number of carbonyl (C=O) groups is 2. The van der Waals surface area contributed by atoms with Crippen molar-refractivity contribution in [3.05, 3.63) is 47.3 Å². The Morgan fingerprint density at radius 1 is 1.30 bits per heavy atom.